The highest BCUT2D eigenvalue weighted by Gasteiger charge is 2.51. The van der Waals surface area contributed by atoms with Crippen molar-refractivity contribution in [2.24, 2.45) is 16.7 Å². The normalized spacial score (nSPS) is 26.0. The maximum atomic E-state index is 15.2. The number of amides is 3. The van der Waals surface area contributed by atoms with E-state index in [1.54, 1.807) is 19.0 Å². The maximum absolute atomic E-state index is 15.2. The Bertz CT molecular complexity index is 1250. The first-order valence-electron chi connectivity index (χ1n) is 16.3. The lowest BCUT2D eigenvalue weighted by molar-refractivity contribution is -0.147. The van der Waals surface area contributed by atoms with Crippen LogP contribution in [0.25, 0.3) is 0 Å². The van der Waals surface area contributed by atoms with Crippen molar-refractivity contribution in [2.45, 2.75) is 117 Å². The number of hydrogen-bond donors (Lipinski definition) is 0. The molecule has 2 heterocycles. The topological polar surface area (TPSA) is 64.2 Å². The van der Waals surface area contributed by atoms with E-state index in [1.165, 1.54) is 17.0 Å². The van der Waals surface area contributed by atoms with E-state index in [2.05, 4.69) is 39.5 Å². The zero-order chi connectivity index (χ0) is 32.9. The Morgan fingerprint density at radius 3 is 2.02 bits per heavy atom. The highest BCUT2D eigenvalue weighted by atomic mass is 35.5. The van der Waals surface area contributed by atoms with Crippen LogP contribution >= 0.6 is 12.4 Å². The number of carbonyl (C=O) groups excluding carboxylic acids is 3. The van der Waals surface area contributed by atoms with Crippen LogP contribution in [-0.4, -0.2) is 94.7 Å². The fraction of sp³-hybridized carbons (Fsp3) is 0.743. The summed E-state index contributed by atoms with van der Waals surface area (Å²) in [5.41, 5.74) is -0.354. The number of carbonyl (C=O) groups is 3. The highest BCUT2D eigenvalue weighted by Crippen LogP contribution is 2.42. The van der Waals surface area contributed by atoms with Crippen LogP contribution in [0, 0.1) is 28.4 Å². The van der Waals surface area contributed by atoms with Gasteiger partial charge in [-0.1, -0.05) is 40.7 Å². The van der Waals surface area contributed by atoms with Gasteiger partial charge in [-0.05, 0) is 69.9 Å². The average molecular weight is 653 g/mol. The SMILES string of the molecule is CN(C)C(=O)[C@@H]1C[C@H](N(C(=O)C(C)(C)C)C2CCC(C)(C)CC2)CN1C(=O)[C@@H]1CN(C(C)(C)C)C[C@H]1c1ccc(F)cc1F.Cl. The Morgan fingerprint density at radius 1 is 0.911 bits per heavy atom. The number of rotatable bonds is 5. The van der Waals surface area contributed by atoms with Crippen LogP contribution in [0.15, 0.2) is 18.2 Å². The predicted octanol–water partition coefficient (Wildman–Crippen LogP) is 6.10. The van der Waals surface area contributed by atoms with E-state index in [-0.39, 0.29) is 59.7 Å². The molecular weight excluding hydrogens is 598 g/mol. The quantitative estimate of drug-likeness (QED) is 0.386. The zero-order valence-electron chi connectivity index (χ0n) is 29.0. The standard InChI is InChI=1S/C35H54F2N4O3.ClH/c1-33(2,3)32(44)41(23-13-15-35(7,8)16-14-23)24-18-29(31(43)38(9)10)40(19-24)30(42)27-21-39(34(4,5)6)20-26(27)25-12-11-22(36)17-28(25)37;/h11-12,17,23-24,26-27,29H,13-16,18-21H2,1-10H3;1H/t24-,26-,27+,29-;/m0./s1. The molecule has 1 aliphatic carbocycles. The number of nitrogens with zero attached hydrogens (tertiary/aromatic N) is 4. The average Bonchev–Trinajstić information content (AvgIpc) is 3.54. The van der Waals surface area contributed by atoms with Crippen LogP contribution in [0.2, 0.25) is 0 Å². The van der Waals surface area contributed by atoms with Gasteiger partial charge in [0.1, 0.15) is 17.7 Å². The van der Waals surface area contributed by atoms with Crippen LogP contribution in [0.5, 0.6) is 0 Å². The van der Waals surface area contributed by atoms with Crippen molar-refractivity contribution < 1.29 is 23.2 Å². The Morgan fingerprint density at radius 2 is 1.51 bits per heavy atom. The summed E-state index contributed by atoms with van der Waals surface area (Å²) >= 11 is 0. The molecule has 7 nitrogen and oxygen atoms in total. The van der Waals surface area contributed by atoms with Gasteiger partial charge in [0.15, 0.2) is 0 Å². The molecular formula is C35H55ClF2N4O3. The monoisotopic (exact) mass is 652 g/mol. The zero-order valence-corrected chi connectivity index (χ0v) is 29.8. The third-order valence-corrected chi connectivity index (χ3v) is 10.2. The summed E-state index contributed by atoms with van der Waals surface area (Å²) < 4.78 is 29.1. The van der Waals surface area contributed by atoms with Crippen LogP contribution < -0.4 is 0 Å². The molecule has 3 fully saturated rings. The Labute approximate surface area is 275 Å². The molecule has 3 aliphatic rings. The summed E-state index contributed by atoms with van der Waals surface area (Å²) in [5.74, 6) is -2.77. The summed E-state index contributed by atoms with van der Waals surface area (Å²) in [5, 5.41) is 0. The molecule has 2 aliphatic heterocycles. The molecule has 0 aromatic heterocycles. The third kappa shape index (κ3) is 8.01. The number of halogens is 3. The molecule has 1 saturated carbocycles. The van der Waals surface area contributed by atoms with Crippen molar-refractivity contribution in [1.82, 2.24) is 19.6 Å². The van der Waals surface area contributed by atoms with Crippen LogP contribution in [0.4, 0.5) is 8.78 Å². The van der Waals surface area contributed by atoms with Gasteiger partial charge in [0.05, 0.1) is 12.0 Å². The van der Waals surface area contributed by atoms with Crippen molar-refractivity contribution >= 4 is 30.1 Å². The third-order valence-electron chi connectivity index (χ3n) is 10.2. The minimum Gasteiger partial charge on any atom is -0.347 e. The van der Waals surface area contributed by atoms with Gasteiger partial charge in [-0.2, -0.15) is 0 Å². The fourth-order valence-electron chi connectivity index (χ4n) is 7.40. The molecule has 0 spiro atoms. The molecule has 1 aromatic carbocycles. The molecule has 10 heteroatoms. The lowest BCUT2D eigenvalue weighted by Gasteiger charge is -2.45. The van der Waals surface area contributed by atoms with Crippen molar-refractivity contribution in [3.8, 4) is 0 Å². The van der Waals surface area contributed by atoms with E-state index >= 15 is 4.39 Å². The van der Waals surface area contributed by atoms with Crippen molar-refractivity contribution in [3.63, 3.8) is 0 Å². The van der Waals surface area contributed by atoms with Gasteiger partial charge in [0.25, 0.3) is 0 Å². The fourth-order valence-corrected chi connectivity index (χ4v) is 7.40. The summed E-state index contributed by atoms with van der Waals surface area (Å²) in [6, 6.07) is 2.60. The second-order valence-electron chi connectivity index (χ2n) is 16.4. The second-order valence-corrected chi connectivity index (χ2v) is 16.4. The smallest absolute Gasteiger partial charge is 0.244 e. The molecule has 0 N–H and O–H groups in total. The van der Waals surface area contributed by atoms with Gasteiger partial charge >= 0.3 is 0 Å². The van der Waals surface area contributed by atoms with Crippen LogP contribution in [-0.2, 0) is 14.4 Å². The van der Waals surface area contributed by atoms with E-state index in [1.807, 2.05) is 25.7 Å². The van der Waals surface area contributed by atoms with E-state index in [0.29, 0.717) is 25.1 Å². The molecule has 4 rings (SSSR count). The van der Waals surface area contributed by atoms with Crippen LogP contribution in [0.1, 0.15) is 99.0 Å². The van der Waals surface area contributed by atoms with E-state index in [0.717, 1.165) is 31.7 Å². The molecule has 0 unspecified atom stereocenters. The lowest BCUT2D eigenvalue weighted by Crippen LogP contribution is -2.54. The van der Waals surface area contributed by atoms with E-state index in [4.69, 9.17) is 0 Å². The molecule has 1 aromatic rings. The molecule has 45 heavy (non-hydrogen) atoms. The predicted molar refractivity (Wildman–Crippen MR) is 176 cm³/mol. The second kappa shape index (κ2) is 13.5. The van der Waals surface area contributed by atoms with E-state index in [9.17, 15) is 18.8 Å². The summed E-state index contributed by atoms with van der Waals surface area (Å²) in [6.07, 6.45) is 4.17. The number of likely N-dealkylation sites (N-methyl/N-ethyl adjacent to an activating group) is 1. The Balaban J connectivity index is 0.00000552. The van der Waals surface area contributed by atoms with Gasteiger partial charge < -0.3 is 14.7 Å². The van der Waals surface area contributed by atoms with Crippen molar-refractivity contribution in [2.75, 3.05) is 33.7 Å². The van der Waals surface area contributed by atoms with Gasteiger partial charge in [-0.25, -0.2) is 8.78 Å². The van der Waals surface area contributed by atoms with Crippen molar-refractivity contribution in [3.05, 3.63) is 35.4 Å². The number of benzene rings is 1. The Hall–Kier alpha value is -2.26. The molecule has 2 saturated heterocycles. The van der Waals surface area contributed by atoms with Gasteiger partial charge in [0.2, 0.25) is 17.7 Å². The van der Waals surface area contributed by atoms with Crippen LogP contribution in [0.3, 0.4) is 0 Å². The molecule has 0 bridgehead atoms. The summed E-state index contributed by atoms with van der Waals surface area (Å²) in [7, 11) is 3.38. The Kier molecular flexibility index (Phi) is 11.1. The maximum Gasteiger partial charge on any atom is 0.244 e. The van der Waals surface area contributed by atoms with Gasteiger partial charge in [-0.15, -0.1) is 12.4 Å². The highest BCUT2D eigenvalue weighted by molar-refractivity contribution is 5.90. The largest absolute Gasteiger partial charge is 0.347 e. The van der Waals surface area contributed by atoms with E-state index < -0.39 is 34.9 Å². The molecule has 4 atom stereocenters. The first-order chi connectivity index (χ1) is 20.2. The molecule has 254 valence electrons. The lowest BCUT2D eigenvalue weighted by atomic mass is 9.74. The van der Waals surface area contributed by atoms with Crippen molar-refractivity contribution in [1.29, 1.82) is 0 Å². The summed E-state index contributed by atoms with van der Waals surface area (Å²) in [4.78, 5) is 49.7. The first-order valence-corrected chi connectivity index (χ1v) is 16.3. The number of likely N-dealkylation sites (tertiary alicyclic amines) is 2. The first kappa shape index (κ1) is 37.2. The molecule has 3 amide bonds. The summed E-state index contributed by atoms with van der Waals surface area (Å²) in [6.45, 7) is 17.6. The van der Waals surface area contributed by atoms with Gasteiger partial charge in [-0.3, -0.25) is 19.3 Å². The van der Waals surface area contributed by atoms with Gasteiger partial charge in [0, 0.05) is 62.7 Å². The number of hydrogen-bond acceptors (Lipinski definition) is 4. The molecule has 0 radical (unpaired) electrons. The minimum atomic E-state index is -0.722. The minimum absolute atomic E-state index is 0.